The molecule has 0 saturated heterocycles. The quantitative estimate of drug-likeness (QED) is 0.530. The molecule has 1 atom stereocenters. The summed E-state index contributed by atoms with van der Waals surface area (Å²) in [5, 5.41) is 1.51. The lowest BCUT2D eigenvalue weighted by atomic mass is 9.91. The fourth-order valence-electron chi connectivity index (χ4n) is 3.73. The van der Waals surface area contributed by atoms with Gasteiger partial charge < -0.3 is 10.5 Å². The van der Waals surface area contributed by atoms with Gasteiger partial charge >= 0.3 is 0 Å². The lowest BCUT2D eigenvalue weighted by Gasteiger charge is -2.28. The normalized spacial score (nSPS) is 13.2. The minimum atomic E-state index is -0.654. The smallest absolute Gasteiger partial charge is 0.263 e. The fraction of sp³-hybridized carbons (Fsp3) is 0.200. The number of benzene rings is 2. The molecule has 5 heteroatoms. The van der Waals surface area contributed by atoms with E-state index in [1.165, 1.54) is 0 Å². The molecule has 1 unspecified atom stereocenters. The van der Waals surface area contributed by atoms with E-state index in [0.717, 1.165) is 27.9 Å². The van der Waals surface area contributed by atoms with Gasteiger partial charge in [0.15, 0.2) is 0 Å². The topological polar surface area (TPSA) is 70.1 Å². The van der Waals surface area contributed by atoms with Crippen molar-refractivity contribution < 1.29 is 4.74 Å². The average Bonchev–Trinajstić information content (AvgIpc) is 2.79. The number of hydrogen-bond acceptors (Lipinski definition) is 4. The third-order valence-corrected chi connectivity index (χ3v) is 5.64. The number of methoxy groups -OCH3 is 1. The largest absolute Gasteiger partial charge is 0.481 e. The predicted molar refractivity (Wildman–Crippen MR) is 121 cm³/mol. The number of pyridine rings is 2. The zero-order chi connectivity index (χ0) is 21.3. The van der Waals surface area contributed by atoms with E-state index in [0.29, 0.717) is 17.7 Å². The third-order valence-electron chi connectivity index (χ3n) is 5.64. The van der Waals surface area contributed by atoms with E-state index in [1.807, 2.05) is 80.6 Å². The minimum Gasteiger partial charge on any atom is -0.481 e. The molecule has 2 aromatic carbocycles. The highest BCUT2D eigenvalue weighted by Gasteiger charge is 2.26. The summed E-state index contributed by atoms with van der Waals surface area (Å²) in [6.07, 6.45) is 2.39. The van der Waals surface area contributed by atoms with Crippen LogP contribution in [0.1, 0.15) is 26.0 Å². The summed E-state index contributed by atoms with van der Waals surface area (Å²) in [7, 11) is 1.58. The van der Waals surface area contributed by atoms with E-state index in [1.54, 1.807) is 17.9 Å². The van der Waals surface area contributed by atoms with Crippen LogP contribution in [0, 0.1) is 0 Å². The molecule has 0 aliphatic rings. The van der Waals surface area contributed by atoms with Crippen molar-refractivity contribution in [3.05, 3.63) is 89.0 Å². The van der Waals surface area contributed by atoms with E-state index < -0.39 is 5.54 Å². The Hall–Kier alpha value is -3.44. The maximum absolute atomic E-state index is 13.9. The first kappa shape index (κ1) is 19.9. The van der Waals surface area contributed by atoms with Crippen LogP contribution in [-0.2, 0) is 5.54 Å². The summed E-state index contributed by atoms with van der Waals surface area (Å²) in [4.78, 5) is 18.1. The number of rotatable bonds is 5. The Morgan fingerprint density at radius 3 is 2.53 bits per heavy atom. The van der Waals surface area contributed by atoms with Crippen LogP contribution < -0.4 is 16.0 Å². The average molecular weight is 399 g/mol. The first-order valence-electron chi connectivity index (χ1n) is 10.00. The molecule has 0 aliphatic heterocycles. The number of hydrogen-bond donors (Lipinski definition) is 1. The summed E-state index contributed by atoms with van der Waals surface area (Å²) in [6.45, 7) is 3.99. The van der Waals surface area contributed by atoms with Gasteiger partial charge in [0.25, 0.3) is 5.56 Å². The summed E-state index contributed by atoms with van der Waals surface area (Å²) >= 11 is 0. The number of aromatic nitrogens is 2. The molecule has 2 aromatic heterocycles. The van der Waals surface area contributed by atoms with E-state index in [4.69, 9.17) is 10.5 Å². The molecule has 0 fully saturated rings. The molecule has 2 N–H and O–H groups in total. The Bertz CT molecular complexity index is 1260. The summed E-state index contributed by atoms with van der Waals surface area (Å²) in [6, 6.07) is 21.3. The molecule has 30 heavy (non-hydrogen) atoms. The molecular formula is C25H25N3O2. The molecule has 0 spiro atoms. The van der Waals surface area contributed by atoms with Crippen LogP contribution in [0.25, 0.3) is 27.6 Å². The molecule has 0 radical (unpaired) electrons. The first-order chi connectivity index (χ1) is 14.5. The minimum absolute atomic E-state index is 0.0924. The molecule has 4 rings (SSSR count). The van der Waals surface area contributed by atoms with Gasteiger partial charge in [-0.25, -0.2) is 4.98 Å². The highest BCUT2D eigenvalue weighted by Crippen LogP contribution is 2.31. The summed E-state index contributed by atoms with van der Waals surface area (Å²) in [5.74, 6) is 0.505. The molecule has 0 saturated carbocycles. The Kier molecular flexibility index (Phi) is 5.14. The van der Waals surface area contributed by atoms with Crippen molar-refractivity contribution in [1.82, 2.24) is 9.55 Å². The van der Waals surface area contributed by atoms with E-state index in [9.17, 15) is 4.79 Å². The lowest BCUT2D eigenvalue weighted by molar-refractivity contribution is 0.398. The molecular weight excluding hydrogens is 374 g/mol. The second-order valence-corrected chi connectivity index (χ2v) is 7.63. The van der Waals surface area contributed by atoms with Crippen LogP contribution in [0.3, 0.4) is 0 Å². The standard InChI is InChI=1S/C25H25N3O2/c1-4-25(2,26)21-15-18-9-8-12-20(17-13-14-27-22(16-17)30-3)23(18)24(29)28(21)19-10-6-5-7-11-19/h5-16H,4,26H2,1-3H3. The highest BCUT2D eigenvalue weighted by atomic mass is 16.5. The predicted octanol–water partition coefficient (Wildman–Crippen LogP) is 4.65. The van der Waals surface area contributed by atoms with Crippen molar-refractivity contribution in [3.8, 4) is 22.7 Å². The van der Waals surface area contributed by atoms with Gasteiger partial charge in [-0.05, 0) is 54.1 Å². The monoisotopic (exact) mass is 399 g/mol. The Labute approximate surface area is 175 Å². The maximum Gasteiger partial charge on any atom is 0.263 e. The molecule has 4 aromatic rings. The van der Waals surface area contributed by atoms with Crippen molar-refractivity contribution in [1.29, 1.82) is 0 Å². The fourth-order valence-corrected chi connectivity index (χ4v) is 3.73. The summed E-state index contributed by atoms with van der Waals surface area (Å²) < 4.78 is 7.02. The molecule has 0 amide bonds. The van der Waals surface area contributed by atoms with Gasteiger partial charge in [0.1, 0.15) is 0 Å². The number of fused-ring (bicyclic) bond motifs is 1. The number of nitrogens with two attached hydrogens (primary N) is 1. The van der Waals surface area contributed by atoms with Crippen LogP contribution in [0.15, 0.2) is 77.7 Å². The van der Waals surface area contributed by atoms with Gasteiger partial charge in [0.2, 0.25) is 5.88 Å². The van der Waals surface area contributed by atoms with Gasteiger partial charge in [0, 0.05) is 23.6 Å². The van der Waals surface area contributed by atoms with Gasteiger partial charge in [-0.2, -0.15) is 0 Å². The van der Waals surface area contributed by atoms with Crippen molar-refractivity contribution in [2.45, 2.75) is 25.8 Å². The van der Waals surface area contributed by atoms with Crippen LogP contribution >= 0.6 is 0 Å². The SMILES string of the molecule is CCC(C)(N)c1cc2cccc(-c3ccnc(OC)c3)c2c(=O)n1-c1ccccc1. The van der Waals surface area contributed by atoms with Gasteiger partial charge in [-0.15, -0.1) is 0 Å². The number of para-hydroxylation sites is 1. The molecule has 2 heterocycles. The molecule has 5 nitrogen and oxygen atoms in total. The summed E-state index contributed by atoms with van der Waals surface area (Å²) in [5.41, 5.74) is 9.19. The first-order valence-corrected chi connectivity index (χ1v) is 10.00. The molecule has 152 valence electrons. The Morgan fingerprint density at radius 1 is 1.07 bits per heavy atom. The van der Waals surface area contributed by atoms with E-state index >= 15 is 0 Å². The third kappa shape index (κ3) is 3.37. The highest BCUT2D eigenvalue weighted by molar-refractivity contribution is 5.96. The number of nitrogens with zero attached hydrogens (tertiary/aromatic N) is 2. The maximum atomic E-state index is 13.9. The van der Waals surface area contributed by atoms with Crippen LogP contribution in [-0.4, -0.2) is 16.7 Å². The zero-order valence-electron chi connectivity index (χ0n) is 17.4. The van der Waals surface area contributed by atoms with Crippen molar-refractivity contribution in [2.75, 3.05) is 7.11 Å². The van der Waals surface area contributed by atoms with Gasteiger partial charge in [-0.1, -0.05) is 43.3 Å². The van der Waals surface area contributed by atoms with Gasteiger partial charge in [0.05, 0.1) is 18.0 Å². The molecule has 0 bridgehead atoms. The lowest BCUT2D eigenvalue weighted by Crippen LogP contribution is -2.38. The second-order valence-electron chi connectivity index (χ2n) is 7.63. The van der Waals surface area contributed by atoms with Gasteiger partial charge in [-0.3, -0.25) is 9.36 Å². The van der Waals surface area contributed by atoms with Crippen LogP contribution in [0.4, 0.5) is 0 Å². The molecule has 0 aliphatic carbocycles. The van der Waals surface area contributed by atoms with Crippen molar-refractivity contribution >= 4 is 10.8 Å². The Balaban J connectivity index is 2.11. The van der Waals surface area contributed by atoms with Crippen molar-refractivity contribution in [2.24, 2.45) is 5.73 Å². The number of ether oxygens (including phenoxy) is 1. The van der Waals surface area contributed by atoms with E-state index in [2.05, 4.69) is 4.98 Å². The van der Waals surface area contributed by atoms with Crippen LogP contribution in [0.5, 0.6) is 5.88 Å². The second kappa shape index (κ2) is 7.76. The zero-order valence-corrected chi connectivity index (χ0v) is 17.4. The van der Waals surface area contributed by atoms with E-state index in [-0.39, 0.29) is 5.56 Å². The Morgan fingerprint density at radius 2 is 1.83 bits per heavy atom. The van der Waals surface area contributed by atoms with Crippen molar-refractivity contribution in [3.63, 3.8) is 0 Å². The van der Waals surface area contributed by atoms with Crippen LogP contribution in [0.2, 0.25) is 0 Å².